The van der Waals surface area contributed by atoms with Gasteiger partial charge in [-0.1, -0.05) is 0 Å². The summed E-state index contributed by atoms with van der Waals surface area (Å²) in [4.78, 5) is 13.7. The zero-order chi connectivity index (χ0) is 15.5. The molecule has 0 radical (unpaired) electrons. The molecule has 0 unspecified atom stereocenters. The number of likely N-dealkylation sites (tertiary alicyclic amines) is 1. The number of carbonyl (C=O) groups is 1. The smallest absolute Gasteiger partial charge is 0.391 e. The summed E-state index contributed by atoms with van der Waals surface area (Å²) < 4.78 is 37.7. The van der Waals surface area contributed by atoms with Gasteiger partial charge < -0.3 is 10.4 Å². The quantitative estimate of drug-likeness (QED) is 0.834. The SMILES string of the molecule is O=C(CN1CCC(C(F)(F)F)CC1)NC1CCC(O)CC1. The molecule has 2 fully saturated rings. The molecule has 2 rings (SSSR count). The molecule has 2 N–H and O–H groups in total. The fourth-order valence-corrected chi connectivity index (χ4v) is 3.11. The Balaban J connectivity index is 1.67. The highest BCUT2D eigenvalue weighted by Crippen LogP contribution is 2.33. The molecule has 0 bridgehead atoms. The minimum atomic E-state index is -4.11. The van der Waals surface area contributed by atoms with Gasteiger partial charge in [0.05, 0.1) is 18.6 Å². The maximum Gasteiger partial charge on any atom is 0.391 e. The van der Waals surface area contributed by atoms with E-state index in [1.54, 1.807) is 4.90 Å². The minimum absolute atomic E-state index is 0.0758. The van der Waals surface area contributed by atoms with Gasteiger partial charge in [-0.25, -0.2) is 0 Å². The molecular formula is C14H23F3N2O2. The molecule has 1 aliphatic heterocycles. The van der Waals surface area contributed by atoms with Crippen molar-refractivity contribution in [2.45, 2.75) is 56.8 Å². The number of halogens is 3. The number of alkyl halides is 3. The standard InChI is InChI=1S/C14H23F3N2O2/c15-14(16,17)10-5-7-19(8-6-10)9-13(21)18-11-1-3-12(20)4-2-11/h10-12,20H,1-9H2,(H,18,21). The molecule has 1 saturated carbocycles. The van der Waals surface area contributed by atoms with Crippen LogP contribution < -0.4 is 5.32 Å². The predicted octanol–water partition coefficient (Wildman–Crippen LogP) is 1.68. The van der Waals surface area contributed by atoms with E-state index >= 15 is 0 Å². The van der Waals surface area contributed by atoms with Crippen LogP contribution in [0.5, 0.6) is 0 Å². The number of rotatable bonds is 3. The van der Waals surface area contributed by atoms with Crippen molar-refractivity contribution in [2.24, 2.45) is 5.92 Å². The highest BCUT2D eigenvalue weighted by Gasteiger charge is 2.41. The summed E-state index contributed by atoms with van der Waals surface area (Å²) in [5.41, 5.74) is 0. The number of aliphatic hydroxyl groups is 1. The number of hydrogen-bond acceptors (Lipinski definition) is 3. The molecule has 1 heterocycles. The molecule has 4 nitrogen and oxygen atoms in total. The zero-order valence-corrected chi connectivity index (χ0v) is 12.0. The van der Waals surface area contributed by atoms with Crippen LogP contribution in [0, 0.1) is 5.92 Å². The van der Waals surface area contributed by atoms with E-state index in [2.05, 4.69) is 5.32 Å². The van der Waals surface area contributed by atoms with Gasteiger partial charge in [-0.05, 0) is 51.6 Å². The number of nitrogens with zero attached hydrogens (tertiary/aromatic N) is 1. The first-order valence-electron chi connectivity index (χ1n) is 7.61. The molecule has 1 saturated heterocycles. The highest BCUT2D eigenvalue weighted by atomic mass is 19.4. The van der Waals surface area contributed by atoms with Gasteiger partial charge in [0.2, 0.25) is 5.91 Å². The molecular weight excluding hydrogens is 285 g/mol. The van der Waals surface area contributed by atoms with E-state index in [1.807, 2.05) is 0 Å². The van der Waals surface area contributed by atoms with Crippen LogP contribution >= 0.6 is 0 Å². The Morgan fingerprint density at radius 1 is 1.10 bits per heavy atom. The zero-order valence-electron chi connectivity index (χ0n) is 12.0. The summed E-state index contributed by atoms with van der Waals surface area (Å²) in [6, 6.07) is 0.0913. The maximum atomic E-state index is 12.6. The van der Waals surface area contributed by atoms with Crippen LogP contribution in [-0.4, -0.2) is 53.9 Å². The Labute approximate surface area is 122 Å². The van der Waals surface area contributed by atoms with Crippen LogP contribution in [0.1, 0.15) is 38.5 Å². The first-order chi connectivity index (χ1) is 9.84. The van der Waals surface area contributed by atoms with Crippen LogP contribution in [0.4, 0.5) is 13.2 Å². The molecule has 0 aromatic carbocycles. The fourth-order valence-electron chi connectivity index (χ4n) is 3.11. The van der Waals surface area contributed by atoms with Crippen molar-refractivity contribution in [1.29, 1.82) is 0 Å². The third-order valence-electron chi connectivity index (χ3n) is 4.48. The van der Waals surface area contributed by atoms with Gasteiger partial charge in [0.15, 0.2) is 0 Å². The average molecular weight is 308 g/mol. The first kappa shape index (κ1) is 16.5. The Kier molecular flexibility index (Phi) is 5.48. The van der Waals surface area contributed by atoms with Gasteiger partial charge in [-0.2, -0.15) is 13.2 Å². The summed E-state index contributed by atoms with van der Waals surface area (Å²) in [5.74, 6) is -1.35. The number of aliphatic hydroxyl groups excluding tert-OH is 1. The van der Waals surface area contributed by atoms with Crippen LogP contribution in [0.25, 0.3) is 0 Å². The van der Waals surface area contributed by atoms with E-state index in [0.29, 0.717) is 25.9 Å². The number of piperidine rings is 1. The van der Waals surface area contributed by atoms with Crippen LogP contribution in [0.2, 0.25) is 0 Å². The molecule has 2 aliphatic rings. The Morgan fingerprint density at radius 2 is 1.67 bits per heavy atom. The largest absolute Gasteiger partial charge is 0.393 e. The van der Waals surface area contributed by atoms with Gasteiger partial charge >= 0.3 is 6.18 Å². The second kappa shape index (κ2) is 6.96. The van der Waals surface area contributed by atoms with E-state index in [4.69, 9.17) is 0 Å². The van der Waals surface area contributed by atoms with E-state index in [9.17, 15) is 23.1 Å². The number of hydrogen-bond donors (Lipinski definition) is 2. The van der Waals surface area contributed by atoms with E-state index in [-0.39, 0.29) is 37.4 Å². The molecule has 0 atom stereocenters. The number of amides is 1. The lowest BCUT2D eigenvalue weighted by atomic mass is 9.93. The summed E-state index contributed by atoms with van der Waals surface area (Å²) in [6.07, 6.45) is -1.30. The minimum Gasteiger partial charge on any atom is -0.393 e. The lowest BCUT2D eigenvalue weighted by Crippen LogP contribution is -2.47. The van der Waals surface area contributed by atoms with Crippen molar-refractivity contribution < 1.29 is 23.1 Å². The topological polar surface area (TPSA) is 52.6 Å². The van der Waals surface area contributed by atoms with Crippen LogP contribution in [-0.2, 0) is 4.79 Å². The molecule has 0 spiro atoms. The van der Waals surface area contributed by atoms with Gasteiger partial charge in [0.25, 0.3) is 0 Å². The lowest BCUT2D eigenvalue weighted by Gasteiger charge is -2.33. The number of nitrogens with one attached hydrogen (secondary N) is 1. The average Bonchev–Trinajstić information content (AvgIpc) is 2.41. The second-order valence-electron chi connectivity index (χ2n) is 6.16. The molecule has 0 aromatic heterocycles. The maximum absolute atomic E-state index is 12.6. The molecule has 21 heavy (non-hydrogen) atoms. The Hall–Kier alpha value is -0.820. The summed E-state index contributed by atoms with van der Waals surface area (Å²) in [6.45, 7) is 0.811. The van der Waals surface area contributed by atoms with Crippen LogP contribution in [0.15, 0.2) is 0 Å². The molecule has 1 aliphatic carbocycles. The molecule has 7 heteroatoms. The monoisotopic (exact) mass is 308 g/mol. The second-order valence-corrected chi connectivity index (χ2v) is 6.16. The third kappa shape index (κ3) is 5.14. The molecule has 0 aromatic rings. The Bertz CT molecular complexity index is 347. The van der Waals surface area contributed by atoms with Crippen molar-refractivity contribution >= 4 is 5.91 Å². The van der Waals surface area contributed by atoms with Crippen LogP contribution in [0.3, 0.4) is 0 Å². The first-order valence-corrected chi connectivity index (χ1v) is 7.61. The Morgan fingerprint density at radius 3 is 2.19 bits per heavy atom. The summed E-state index contributed by atoms with van der Waals surface area (Å²) in [5, 5.41) is 12.3. The van der Waals surface area contributed by atoms with E-state index < -0.39 is 12.1 Å². The van der Waals surface area contributed by atoms with Crippen molar-refractivity contribution in [1.82, 2.24) is 10.2 Å². The summed E-state index contributed by atoms with van der Waals surface area (Å²) >= 11 is 0. The lowest BCUT2D eigenvalue weighted by molar-refractivity contribution is -0.185. The number of carbonyl (C=O) groups excluding carboxylic acids is 1. The van der Waals surface area contributed by atoms with E-state index in [1.165, 1.54) is 0 Å². The van der Waals surface area contributed by atoms with Gasteiger partial charge in [-0.3, -0.25) is 9.69 Å². The molecule has 1 amide bonds. The van der Waals surface area contributed by atoms with Gasteiger partial charge in [0, 0.05) is 6.04 Å². The predicted molar refractivity (Wildman–Crippen MR) is 71.6 cm³/mol. The fraction of sp³-hybridized carbons (Fsp3) is 0.929. The highest BCUT2D eigenvalue weighted by molar-refractivity contribution is 5.78. The van der Waals surface area contributed by atoms with E-state index in [0.717, 1.165) is 12.8 Å². The molecule has 122 valence electrons. The van der Waals surface area contributed by atoms with Gasteiger partial charge in [0.1, 0.15) is 0 Å². The van der Waals surface area contributed by atoms with Gasteiger partial charge in [-0.15, -0.1) is 0 Å². The van der Waals surface area contributed by atoms with Crippen molar-refractivity contribution in [2.75, 3.05) is 19.6 Å². The third-order valence-corrected chi connectivity index (χ3v) is 4.48. The van der Waals surface area contributed by atoms with Crippen molar-refractivity contribution in [3.8, 4) is 0 Å². The van der Waals surface area contributed by atoms with Crippen molar-refractivity contribution in [3.05, 3.63) is 0 Å². The normalized spacial score (nSPS) is 29.3. The van der Waals surface area contributed by atoms with Crippen molar-refractivity contribution in [3.63, 3.8) is 0 Å². The summed E-state index contributed by atoms with van der Waals surface area (Å²) in [7, 11) is 0.